The van der Waals surface area contributed by atoms with Gasteiger partial charge in [0.25, 0.3) is 5.56 Å². The van der Waals surface area contributed by atoms with Crippen molar-refractivity contribution >= 4 is 49.0 Å². The normalized spacial score (nSPS) is 11.6. The van der Waals surface area contributed by atoms with E-state index < -0.39 is 17.3 Å². The van der Waals surface area contributed by atoms with E-state index in [9.17, 15) is 18.0 Å². The number of para-hydroxylation sites is 1. The Morgan fingerprint density at radius 1 is 1.14 bits per heavy atom. The number of hydrogen-bond acceptors (Lipinski definition) is 6. The van der Waals surface area contributed by atoms with Crippen LogP contribution in [0.2, 0.25) is 0 Å². The number of hydrogen-bond donors (Lipinski definition) is 0. The third kappa shape index (κ3) is 5.38. The van der Waals surface area contributed by atoms with Gasteiger partial charge >= 0.3 is 6.18 Å². The maximum absolute atomic E-state index is 13.4. The van der Waals surface area contributed by atoms with E-state index in [-0.39, 0.29) is 34.9 Å². The van der Waals surface area contributed by atoms with Crippen LogP contribution in [-0.4, -0.2) is 29.6 Å². The first-order chi connectivity index (χ1) is 17.7. The highest BCUT2D eigenvalue weighted by atomic mass is 79.9. The van der Waals surface area contributed by atoms with Crippen LogP contribution in [0.5, 0.6) is 11.5 Å². The lowest BCUT2D eigenvalue weighted by Gasteiger charge is -2.14. The molecule has 0 saturated heterocycles. The number of halogens is 5. The van der Waals surface area contributed by atoms with Crippen molar-refractivity contribution in [2.24, 2.45) is 5.10 Å². The molecule has 0 aliphatic carbocycles. The van der Waals surface area contributed by atoms with E-state index in [0.717, 1.165) is 16.8 Å². The van der Waals surface area contributed by atoms with Crippen molar-refractivity contribution in [3.8, 4) is 29.0 Å². The second kappa shape index (κ2) is 10.7. The van der Waals surface area contributed by atoms with E-state index in [1.165, 1.54) is 25.5 Å². The van der Waals surface area contributed by atoms with Crippen LogP contribution >= 0.6 is 31.9 Å². The van der Waals surface area contributed by atoms with Gasteiger partial charge in [0, 0.05) is 15.6 Å². The van der Waals surface area contributed by atoms with E-state index in [1.54, 1.807) is 30.3 Å². The van der Waals surface area contributed by atoms with Crippen molar-refractivity contribution in [3.63, 3.8) is 0 Å². The van der Waals surface area contributed by atoms with Crippen molar-refractivity contribution in [1.82, 2.24) is 9.66 Å². The maximum atomic E-state index is 13.4. The number of rotatable bonds is 6. The molecule has 0 spiro atoms. The van der Waals surface area contributed by atoms with Crippen LogP contribution in [0.1, 0.15) is 11.1 Å². The highest BCUT2D eigenvalue weighted by Gasteiger charge is 2.31. The van der Waals surface area contributed by atoms with Gasteiger partial charge in [-0.05, 0) is 62.2 Å². The zero-order chi connectivity index (χ0) is 26.7. The first-order valence-electron chi connectivity index (χ1n) is 10.4. The molecule has 0 fully saturated rings. The van der Waals surface area contributed by atoms with Crippen molar-refractivity contribution in [2.75, 3.05) is 13.7 Å². The number of ether oxygens (including phenoxy) is 2. The molecule has 4 rings (SSSR count). The standard InChI is InChI=1S/C25H15Br2F3N4O3/c1-36-19-12-15(20(26)21(27)22(19)37-10-9-31)13-32-34-23(14-5-4-6-16(11-14)25(28,29)30)33-18-8-3-2-7-17(18)24(34)35/h2-8,11-13H,10H2,1H3. The van der Waals surface area contributed by atoms with Gasteiger partial charge in [0.1, 0.15) is 6.07 Å². The largest absolute Gasteiger partial charge is 0.493 e. The molecule has 7 nitrogen and oxygen atoms in total. The second-order valence-corrected chi connectivity index (χ2v) is 9.05. The Morgan fingerprint density at radius 2 is 1.89 bits per heavy atom. The minimum Gasteiger partial charge on any atom is -0.493 e. The molecule has 0 unspecified atom stereocenters. The molecule has 0 saturated carbocycles. The van der Waals surface area contributed by atoms with Crippen LogP contribution in [0, 0.1) is 11.3 Å². The summed E-state index contributed by atoms with van der Waals surface area (Å²) in [6.45, 7) is -0.215. The van der Waals surface area contributed by atoms with Crippen LogP contribution in [0.15, 0.2) is 73.4 Å². The third-order valence-corrected chi connectivity index (χ3v) is 7.31. The summed E-state index contributed by atoms with van der Waals surface area (Å²) in [4.78, 5) is 17.8. The SMILES string of the molecule is COc1cc(C=Nn2c(-c3cccc(C(F)(F)F)c3)nc3ccccc3c2=O)c(Br)c(Br)c1OCC#N. The molecule has 0 amide bonds. The topological polar surface area (TPSA) is 89.5 Å². The molecule has 37 heavy (non-hydrogen) atoms. The Balaban J connectivity index is 1.91. The summed E-state index contributed by atoms with van der Waals surface area (Å²) in [5.41, 5.74) is -0.621. The number of aromatic nitrogens is 2. The summed E-state index contributed by atoms with van der Waals surface area (Å²) >= 11 is 6.82. The second-order valence-electron chi connectivity index (χ2n) is 7.46. The van der Waals surface area contributed by atoms with Crippen molar-refractivity contribution < 1.29 is 22.6 Å². The number of fused-ring (bicyclic) bond motifs is 1. The zero-order valence-corrected chi connectivity index (χ0v) is 22.1. The molecular weight excluding hydrogens is 621 g/mol. The smallest absolute Gasteiger partial charge is 0.416 e. The first-order valence-corrected chi connectivity index (χ1v) is 12.0. The number of benzene rings is 3. The molecule has 4 aromatic rings. The highest BCUT2D eigenvalue weighted by Crippen LogP contribution is 2.42. The van der Waals surface area contributed by atoms with E-state index in [1.807, 2.05) is 6.07 Å². The molecule has 188 valence electrons. The minimum absolute atomic E-state index is 0.0629. The summed E-state index contributed by atoms with van der Waals surface area (Å²) in [7, 11) is 1.42. The van der Waals surface area contributed by atoms with Gasteiger partial charge in [0.05, 0.1) is 34.3 Å². The van der Waals surface area contributed by atoms with Crippen molar-refractivity contribution in [3.05, 3.63) is 85.0 Å². The average molecular weight is 636 g/mol. The third-order valence-electron chi connectivity index (χ3n) is 5.17. The van der Waals surface area contributed by atoms with Crippen LogP contribution in [0.25, 0.3) is 22.3 Å². The maximum Gasteiger partial charge on any atom is 0.416 e. The van der Waals surface area contributed by atoms with Crippen LogP contribution in [-0.2, 0) is 6.18 Å². The van der Waals surface area contributed by atoms with E-state index >= 15 is 0 Å². The Labute approximate surface area is 225 Å². The highest BCUT2D eigenvalue weighted by molar-refractivity contribution is 9.13. The monoisotopic (exact) mass is 634 g/mol. The number of alkyl halides is 3. The lowest BCUT2D eigenvalue weighted by Crippen LogP contribution is -2.20. The molecule has 1 heterocycles. The fraction of sp³-hybridized carbons (Fsp3) is 0.120. The molecular formula is C25H15Br2F3N4O3. The fourth-order valence-corrected chi connectivity index (χ4v) is 4.40. The Bertz CT molecular complexity index is 1630. The summed E-state index contributed by atoms with van der Waals surface area (Å²) in [5, 5.41) is 13.4. The molecule has 1 aromatic heterocycles. The molecule has 0 radical (unpaired) electrons. The predicted molar refractivity (Wildman–Crippen MR) is 139 cm³/mol. The minimum atomic E-state index is -4.58. The lowest BCUT2D eigenvalue weighted by atomic mass is 10.1. The first kappa shape index (κ1) is 26.4. The van der Waals surface area contributed by atoms with Gasteiger partial charge in [0.15, 0.2) is 23.9 Å². The van der Waals surface area contributed by atoms with Gasteiger partial charge in [-0.25, -0.2) is 4.98 Å². The summed E-state index contributed by atoms with van der Waals surface area (Å²) in [6, 6.07) is 14.4. The van der Waals surface area contributed by atoms with Crippen LogP contribution in [0.4, 0.5) is 13.2 Å². The van der Waals surface area contributed by atoms with E-state index in [0.29, 0.717) is 20.0 Å². The predicted octanol–water partition coefficient (Wildman–Crippen LogP) is 6.40. The molecule has 0 bridgehead atoms. The zero-order valence-electron chi connectivity index (χ0n) is 18.9. The van der Waals surface area contributed by atoms with Gasteiger partial charge in [-0.3, -0.25) is 4.79 Å². The molecule has 0 N–H and O–H groups in total. The number of nitrogens with zero attached hydrogens (tertiary/aromatic N) is 4. The van der Waals surface area contributed by atoms with Gasteiger partial charge in [-0.1, -0.05) is 24.3 Å². The molecule has 0 aliphatic rings. The van der Waals surface area contributed by atoms with Crippen LogP contribution in [0.3, 0.4) is 0 Å². The summed E-state index contributed by atoms with van der Waals surface area (Å²) < 4.78 is 52.8. The Hall–Kier alpha value is -3.69. The Kier molecular flexibility index (Phi) is 7.65. The molecule has 12 heteroatoms. The number of methoxy groups -OCH3 is 1. The molecule has 0 aliphatic heterocycles. The van der Waals surface area contributed by atoms with Crippen molar-refractivity contribution in [1.29, 1.82) is 5.26 Å². The average Bonchev–Trinajstić information content (AvgIpc) is 2.89. The fourth-order valence-electron chi connectivity index (χ4n) is 3.46. The van der Waals surface area contributed by atoms with Gasteiger partial charge in [0.2, 0.25) is 0 Å². The molecule has 3 aromatic carbocycles. The van der Waals surface area contributed by atoms with E-state index in [2.05, 4.69) is 41.9 Å². The van der Waals surface area contributed by atoms with Crippen LogP contribution < -0.4 is 15.0 Å². The number of nitriles is 1. The van der Waals surface area contributed by atoms with Gasteiger partial charge in [-0.15, -0.1) is 0 Å². The van der Waals surface area contributed by atoms with Crippen molar-refractivity contribution in [2.45, 2.75) is 6.18 Å². The summed E-state index contributed by atoms with van der Waals surface area (Å²) in [6.07, 6.45) is -3.25. The lowest BCUT2D eigenvalue weighted by molar-refractivity contribution is -0.137. The molecule has 0 atom stereocenters. The summed E-state index contributed by atoms with van der Waals surface area (Å²) in [5.74, 6) is 0.498. The Morgan fingerprint density at radius 3 is 2.59 bits per heavy atom. The quantitative estimate of drug-likeness (QED) is 0.229. The van der Waals surface area contributed by atoms with E-state index in [4.69, 9.17) is 14.7 Å². The van der Waals surface area contributed by atoms with Gasteiger partial charge in [-0.2, -0.15) is 28.2 Å². The van der Waals surface area contributed by atoms with Gasteiger partial charge < -0.3 is 9.47 Å².